The molecule has 1 unspecified atom stereocenters. The van der Waals surface area contributed by atoms with Crippen molar-refractivity contribution >= 4 is 0 Å². The number of rotatable bonds is 3. The number of halogens is 2. The maximum absolute atomic E-state index is 13.6. The van der Waals surface area contributed by atoms with Crippen LogP contribution in [0.4, 0.5) is 8.78 Å². The van der Waals surface area contributed by atoms with E-state index in [1.54, 1.807) is 0 Å². The first kappa shape index (κ1) is 12.5. The van der Waals surface area contributed by atoms with Gasteiger partial charge in [-0.1, -0.05) is 25.0 Å². The van der Waals surface area contributed by atoms with Crippen molar-refractivity contribution in [2.45, 2.75) is 37.4 Å². The first-order valence-corrected chi connectivity index (χ1v) is 5.78. The van der Waals surface area contributed by atoms with Crippen molar-refractivity contribution in [1.29, 1.82) is 0 Å². The van der Waals surface area contributed by atoms with Gasteiger partial charge in [0.05, 0.1) is 5.60 Å². The van der Waals surface area contributed by atoms with Gasteiger partial charge in [-0.25, -0.2) is 8.78 Å². The number of aliphatic hydroxyl groups is 1. The summed E-state index contributed by atoms with van der Waals surface area (Å²) >= 11 is 0. The molecule has 0 saturated heterocycles. The Labute approximate surface area is 99.2 Å². The number of benzene rings is 1. The summed E-state index contributed by atoms with van der Waals surface area (Å²) in [6.45, 7) is 0. The molecule has 1 atom stereocenters. The van der Waals surface area contributed by atoms with E-state index in [4.69, 9.17) is 4.74 Å². The lowest BCUT2D eigenvalue weighted by atomic mass is 9.89. The van der Waals surface area contributed by atoms with Crippen LogP contribution in [0.2, 0.25) is 0 Å². The van der Waals surface area contributed by atoms with Gasteiger partial charge in [0.15, 0.2) is 11.6 Å². The summed E-state index contributed by atoms with van der Waals surface area (Å²) in [5.74, 6) is -1.92. The van der Waals surface area contributed by atoms with Crippen molar-refractivity contribution in [1.82, 2.24) is 0 Å². The summed E-state index contributed by atoms with van der Waals surface area (Å²) in [5.41, 5.74) is -0.789. The maximum Gasteiger partial charge on any atom is 0.164 e. The fourth-order valence-corrected chi connectivity index (χ4v) is 2.58. The highest BCUT2D eigenvalue weighted by Crippen LogP contribution is 2.43. The molecule has 2 rings (SSSR count). The zero-order valence-electron chi connectivity index (χ0n) is 9.75. The maximum atomic E-state index is 13.6. The zero-order chi connectivity index (χ0) is 12.5. The molecule has 0 aromatic heterocycles. The van der Waals surface area contributed by atoms with Gasteiger partial charge >= 0.3 is 0 Å². The molecule has 0 bridgehead atoms. The highest BCUT2D eigenvalue weighted by atomic mass is 19.2. The third-order valence-corrected chi connectivity index (χ3v) is 3.63. The summed E-state index contributed by atoms with van der Waals surface area (Å²) < 4.78 is 32.1. The van der Waals surface area contributed by atoms with E-state index in [9.17, 15) is 13.9 Å². The molecule has 0 heterocycles. The Morgan fingerprint density at radius 1 is 1.29 bits per heavy atom. The van der Waals surface area contributed by atoms with E-state index in [0.29, 0.717) is 12.8 Å². The van der Waals surface area contributed by atoms with Crippen molar-refractivity contribution in [3.63, 3.8) is 0 Å². The standard InChI is InChI=1S/C13H16F2O2/c1-17-13(7-2-3-8-13)12(16)9-5-4-6-10(14)11(9)15/h4-6,12,16H,2-3,7-8H2,1H3. The van der Waals surface area contributed by atoms with E-state index in [2.05, 4.69) is 0 Å². The second kappa shape index (κ2) is 4.70. The van der Waals surface area contributed by atoms with Crippen LogP contribution < -0.4 is 0 Å². The van der Waals surface area contributed by atoms with Crippen molar-refractivity contribution in [3.8, 4) is 0 Å². The second-order valence-corrected chi connectivity index (χ2v) is 4.52. The van der Waals surface area contributed by atoms with Crippen LogP contribution in [0.1, 0.15) is 37.4 Å². The Kier molecular flexibility index (Phi) is 3.45. The zero-order valence-corrected chi connectivity index (χ0v) is 9.75. The van der Waals surface area contributed by atoms with Crippen LogP contribution in [-0.4, -0.2) is 17.8 Å². The van der Waals surface area contributed by atoms with Crippen molar-refractivity contribution in [2.24, 2.45) is 0 Å². The minimum absolute atomic E-state index is 0.0197. The van der Waals surface area contributed by atoms with Crippen LogP contribution in [0.15, 0.2) is 18.2 Å². The van der Waals surface area contributed by atoms with Gasteiger partial charge in [0.1, 0.15) is 6.10 Å². The predicted molar refractivity (Wildman–Crippen MR) is 59.5 cm³/mol. The fourth-order valence-electron chi connectivity index (χ4n) is 2.58. The van der Waals surface area contributed by atoms with Crippen LogP contribution in [0, 0.1) is 11.6 Å². The number of aliphatic hydroxyl groups excluding tert-OH is 1. The Morgan fingerprint density at radius 3 is 2.53 bits per heavy atom. The van der Waals surface area contributed by atoms with Gasteiger partial charge in [0.25, 0.3) is 0 Å². The summed E-state index contributed by atoms with van der Waals surface area (Å²) in [5, 5.41) is 10.2. The topological polar surface area (TPSA) is 29.5 Å². The minimum atomic E-state index is -1.12. The molecule has 1 aromatic rings. The molecule has 1 aliphatic rings. The molecular formula is C13H16F2O2. The van der Waals surface area contributed by atoms with E-state index < -0.39 is 23.3 Å². The molecule has 1 aliphatic carbocycles. The highest BCUT2D eigenvalue weighted by molar-refractivity contribution is 5.24. The molecule has 0 amide bonds. The van der Waals surface area contributed by atoms with Crippen molar-refractivity contribution < 1.29 is 18.6 Å². The average molecular weight is 242 g/mol. The van der Waals surface area contributed by atoms with Gasteiger partial charge in [0, 0.05) is 12.7 Å². The third-order valence-electron chi connectivity index (χ3n) is 3.63. The van der Waals surface area contributed by atoms with Gasteiger partial charge < -0.3 is 9.84 Å². The van der Waals surface area contributed by atoms with E-state index in [1.165, 1.54) is 19.2 Å². The number of hydrogen-bond donors (Lipinski definition) is 1. The largest absolute Gasteiger partial charge is 0.385 e. The van der Waals surface area contributed by atoms with Crippen molar-refractivity contribution in [2.75, 3.05) is 7.11 Å². The third kappa shape index (κ3) is 2.07. The molecule has 1 saturated carbocycles. The van der Waals surface area contributed by atoms with E-state index in [-0.39, 0.29) is 5.56 Å². The lowest BCUT2D eigenvalue weighted by Gasteiger charge is -2.33. The minimum Gasteiger partial charge on any atom is -0.385 e. The molecule has 0 aliphatic heterocycles. The van der Waals surface area contributed by atoms with Crippen LogP contribution in [0.25, 0.3) is 0 Å². The molecule has 4 heteroatoms. The monoisotopic (exact) mass is 242 g/mol. The van der Waals surface area contributed by atoms with Crippen LogP contribution in [-0.2, 0) is 4.74 Å². The van der Waals surface area contributed by atoms with Crippen molar-refractivity contribution in [3.05, 3.63) is 35.4 Å². The van der Waals surface area contributed by atoms with E-state index >= 15 is 0 Å². The lowest BCUT2D eigenvalue weighted by molar-refractivity contribution is -0.101. The number of methoxy groups -OCH3 is 1. The molecule has 1 fully saturated rings. The van der Waals surface area contributed by atoms with Gasteiger partial charge in [-0.3, -0.25) is 0 Å². The van der Waals surface area contributed by atoms with Gasteiger partial charge in [-0.05, 0) is 18.9 Å². The smallest absolute Gasteiger partial charge is 0.164 e. The molecule has 1 N–H and O–H groups in total. The first-order valence-electron chi connectivity index (χ1n) is 5.78. The number of ether oxygens (including phenoxy) is 1. The van der Waals surface area contributed by atoms with Gasteiger partial charge in [-0.2, -0.15) is 0 Å². The molecule has 1 aromatic carbocycles. The van der Waals surface area contributed by atoms with Crippen LogP contribution >= 0.6 is 0 Å². The second-order valence-electron chi connectivity index (χ2n) is 4.52. The van der Waals surface area contributed by atoms with Gasteiger partial charge in [-0.15, -0.1) is 0 Å². The van der Waals surface area contributed by atoms with E-state index in [0.717, 1.165) is 18.9 Å². The SMILES string of the molecule is COC1(C(O)c2cccc(F)c2F)CCCC1. The average Bonchev–Trinajstić information content (AvgIpc) is 2.82. The highest BCUT2D eigenvalue weighted by Gasteiger charge is 2.42. The fraction of sp³-hybridized carbons (Fsp3) is 0.538. The molecule has 17 heavy (non-hydrogen) atoms. The molecule has 0 spiro atoms. The molecule has 94 valence electrons. The normalized spacial score (nSPS) is 20.5. The first-order chi connectivity index (χ1) is 8.10. The quantitative estimate of drug-likeness (QED) is 0.883. The summed E-state index contributed by atoms with van der Waals surface area (Å²) in [4.78, 5) is 0. The Balaban J connectivity index is 2.35. The predicted octanol–water partition coefficient (Wildman–Crippen LogP) is 2.96. The molecular weight excluding hydrogens is 226 g/mol. The Morgan fingerprint density at radius 2 is 1.94 bits per heavy atom. The Hall–Kier alpha value is -1.00. The van der Waals surface area contributed by atoms with E-state index in [1.807, 2.05) is 0 Å². The van der Waals surface area contributed by atoms with Crippen LogP contribution in [0.5, 0.6) is 0 Å². The molecule has 0 radical (unpaired) electrons. The Bertz CT molecular complexity index is 400. The van der Waals surface area contributed by atoms with Crippen LogP contribution in [0.3, 0.4) is 0 Å². The number of hydrogen-bond acceptors (Lipinski definition) is 2. The summed E-state index contributed by atoms with van der Waals surface area (Å²) in [6.07, 6.45) is 2.08. The lowest BCUT2D eigenvalue weighted by Crippen LogP contribution is -2.36. The summed E-state index contributed by atoms with van der Waals surface area (Å²) in [6, 6.07) is 3.84. The molecule has 2 nitrogen and oxygen atoms in total. The summed E-state index contributed by atoms with van der Waals surface area (Å²) in [7, 11) is 1.51. The van der Waals surface area contributed by atoms with Gasteiger partial charge in [0.2, 0.25) is 0 Å².